The van der Waals surface area contributed by atoms with Crippen LogP contribution < -0.4 is 5.32 Å². The fraction of sp³-hybridized carbons (Fsp3) is 0.933. The summed E-state index contributed by atoms with van der Waals surface area (Å²) >= 11 is 0. The summed E-state index contributed by atoms with van der Waals surface area (Å²) in [6.45, 7) is 8.38. The highest BCUT2D eigenvalue weighted by atomic mass is 16.5. The fourth-order valence-corrected chi connectivity index (χ4v) is 3.57. The van der Waals surface area contributed by atoms with Crippen LogP contribution in [0.15, 0.2) is 0 Å². The largest absolute Gasteiger partial charge is 0.466 e. The van der Waals surface area contributed by atoms with Gasteiger partial charge in [0.1, 0.15) is 0 Å². The normalized spacial score (nSPS) is 31.5. The first-order chi connectivity index (χ1) is 9.13. The molecule has 4 nitrogen and oxygen atoms in total. The first kappa shape index (κ1) is 14.8. The molecule has 0 aliphatic carbocycles. The van der Waals surface area contributed by atoms with E-state index in [2.05, 4.69) is 17.1 Å². The number of carbonyl (C=O) groups is 1. The van der Waals surface area contributed by atoms with Gasteiger partial charge in [0.2, 0.25) is 0 Å². The summed E-state index contributed by atoms with van der Waals surface area (Å²) in [4.78, 5) is 14.2. The van der Waals surface area contributed by atoms with Crippen molar-refractivity contribution in [2.45, 2.75) is 64.6 Å². The van der Waals surface area contributed by atoms with Crippen LogP contribution in [0.5, 0.6) is 0 Å². The topological polar surface area (TPSA) is 41.6 Å². The quantitative estimate of drug-likeness (QED) is 0.746. The lowest BCUT2D eigenvalue weighted by Crippen LogP contribution is -2.49. The summed E-state index contributed by atoms with van der Waals surface area (Å²) in [5.74, 6) is -0.0784. The number of esters is 1. The molecule has 1 N–H and O–H groups in total. The van der Waals surface area contributed by atoms with Gasteiger partial charge in [-0.1, -0.05) is 13.8 Å². The molecule has 2 aliphatic heterocycles. The lowest BCUT2D eigenvalue weighted by Gasteiger charge is -2.38. The molecule has 19 heavy (non-hydrogen) atoms. The Hall–Kier alpha value is -0.610. The van der Waals surface area contributed by atoms with E-state index in [4.69, 9.17) is 4.74 Å². The molecule has 2 bridgehead atoms. The Bertz CT molecular complexity index is 297. The molecule has 4 heteroatoms. The van der Waals surface area contributed by atoms with Crippen molar-refractivity contribution in [1.29, 1.82) is 0 Å². The third-order valence-corrected chi connectivity index (χ3v) is 4.57. The Morgan fingerprint density at radius 1 is 1.32 bits per heavy atom. The van der Waals surface area contributed by atoms with E-state index in [0.29, 0.717) is 24.7 Å². The second-order valence-electron chi connectivity index (χ2n) is 6.00. The molecule has 3 atom stereocenters. The van der Waals surface area contributed by atoms with E-state index in [-0.39, 0.29) is 11.9 Å². The number of hydrogen-bond donors (Lipinski definition) is 1. The lowest BCUT2D eigenvalue weighted by molar-refractivity contribution is -0.148. The molecule has 0 amide bonds. The van der Waals surface area contributed by atoms with Gasteiger partial charge in [-0.05, 0) is 39.2 Å². The number of nitrogens with one attached hydrogen (secondary N) is 1. The van der Waals surface area contributed by atoms with E-state index in [1.54, 1.807) is 0 Å². The highest BCUT2D eigenvalue weighted by Gasteiger charge is 2.36. The molecule has 0 spiro atoms. The summed E-state index contributed by atoms with van der Waals surface area (Å²) in [5, 5.41) is 3.68. The van der Waals surface area contributed by atoms with Crippen molar-refractivity contribution in [2.75, 3.05) is 19.7 Å². The molecule has 3 unspecified atom stereocenters. The molecule has 2 heterocycles. The van der Waals surface area contributed by atoms with E-state index >= 15 is 0 Å². The van der Waals surface area contributed by atoms with E-state index in [9.17, 15) is 4.79 Å². The van der Waals surface area contributed by atoms with Crippen LogP contribution in [0.1, 0.15) is 46.5 Å². The summed E-state index contributed by atoms with van der Waals surface area (Å²) < 4.78 is 5.11. The summed E-state index contributed by atoms with van der Waals surface area (Å²) in [7, 11) is 0. The Morgan fingerprint density at radius 2 is 1.95 bits per heavy atom. The maximum absolute atomic E-state index is 11.8. The second kappa shape index (κ2) is 6.71. The molecule has 0 aromatic carbocycles. The minimum atomic E-state index is -0.0575. The van der Waals surface area contributed by atoms with Crippen molar-refractivity contribution < 1.29 is 9.53 Å². The Balaban J connectivity index is 1.87. The first-order valence-corrected chi connectivity index (χ1v) is 7.80. The number of rotatable bonds is 6. The Morgan fingerprint density at radius 3 is 2.47 bits per heavy atom. The van der Waals surface area contributed by atoms with Gasteiger partial charge in [0.05, 0.1) is 12.5 Å². The van der Waals surface area contributed by atoms with Crippen LogP contribution in [0.3, 0.4) is 0 Å². The molecule has 2 fully saturated rings. The summed E-state index contributed by atoms with van der Waals surface area (Å²) in [6.07, 6.45) is 5.12. The molecule has 110 valence electrons. The van der Waals surface area contributed by atoms with Crippen LogP contribution in [0.4, 0.5) is 0 Å². The van der Waals surface area contributed by atoms with Crippen LogP contribution in [0.2, 0.25) is 0 Å². The van der Waals surface area contributed by atoms with Gasteiger partial charge < -0.3 is 10.1 Å². The average molecular weight is 268 g/mol. The number of nitrogens with zero attached hydrogens (tertiary/aromatic N) is 1. The van der Waals surface area contributed by atoms with Gasteiger partial charge in [-0.25, -0.2) is 0 Å². The highest BCUT2D eigenvalue weighted by molar-refractivity contribution is 5.72. The Labute approximate surface area is 116 Å². The molecule has 2 aliphatic rings. The van der Waals surface area contributed by atoms with Crippen molar-refractivity contribution >= 4 is 5.97 Å². The van der Waals surface area contributed by atoms with Crippen molar-refractivity contribution in [3.05, 3.63) is 0 Å². The zero-order valence-electron chi connectivity index (χ0n) is 12.5. The van der Waals surface area contributed by atoms with Crippen LogP contribution in [0, 0.1) is 5.92 Å². The zero-order valence-corrected chi connectivity index (χ0v) is 12.5. The van der Waals surface area contributed by atoms with Crippen LogP contribution in [-0.4, -0.2) is 48.7 Å². The second-order valence-corrected chi connectivity index (χ2v) is 6.00. The predicted octanol–water partition coefficient (Wildman–Crippen LogP) is 1.79. The fourth-order valence-electron chi connectivity index (χ4n) is 3.57. The molecule has 0 saturated carbocycles. The van der Waals surface area contributed by atoms with Gasteiger partial charge in [0.25, 0.3) is 0 Å². The van der Waals surface area contributed by atoms with Crippen LogP contribution >= 0.6 is 0 Å². The maximum atomic E-state index is 11.8. The zero-order chi connectivity index (χ0) is 13.8. The van der Waals surface area contributed by atoms with Crippen molar-refractivity contribution in [1.82, 2.24) is 10.2 Å². The van der Waals surface area contributed by atoms with Gasteiger partial charge in [-0.2, -0.15) is 0 Å². The highest BCUT2D eigenvalue weighted by Crippen LogP contribution is 2.30. The molecule has 0 aromatic heterocycles. The monoisotopic (exact) mass is 268 g/mol. The smallest absolute Gasteiger partial charge is 0.309 e. The first-order valence-electron chi connectivity index (χ1n) is 7.80. The van der Waals surface area contributed by atoms with Crippen molar-refractivity contribution in [3.8, 4) is 0 Å². The summed E-state index contributed by atoms with van der Waals surface area (Å²) in [6, 6.07) is 2.05. The minimum absolute atomic E-state index is 0.0209. The maximum Gasteiger partial charge on any atom is 0.309 e. The standard InChI is InChI=1S/C15H28N2O2/c1-4-17(10-11(3)15(18)19-5-2)14-8-12-6-7-13(9-14)16-12/h11-14,16H,4-10H2,1-3H3. The van der Waals surface area contributed by atoms with Gasteiger partial charge >= 0.3 is 5.97 Å². The van der Waals surface area contributed by atoms with E-state index in [1.807, 2.05) is 13.8 Å². The van der Waals surface area contributed by atoms with Crippen molar-refractivity contribution in [2.24, 2.45) is 5.92 Å². The number of fused-ring (bicyclic) bond motifs is 2. The number of carbonyl (C=O) groups excluding carboxylic acids is 1. The van der Waals surface area contributed by atoms with Crippen LogP contribution in [0.25, 0.3) is 0 Å². The minimum Gasteiger partial charge on any atom is -0.466 e. The molecular weight excluding hydrogens is 240 g/mol. The van der Waals surface area contributed by atoms with Gasteiger partial charge in [0.15, 0.2) is 0 Å². The third kappa shape index (κ3) is 3.69. The van der Waals surface area contributed by atoms with Crippen molar-refractivity contribution in [3.63, 3.8) is 0 Å². The lowest BCUT2D eigenvalue weighted by atomic mass is 9.97. The SMILES string of the molecule is CCOC(=O)C(C)CN(CC)C1CC2CCC(C1)N2. The molecule has 0 radical (unpaired) electrons. The Kier molecular flexibility index (Phi) is 5.22. The number of piperidine rings is 1. The predicted molar refractivity (Wildman–Crippen MR) is 76.0 cm³/mol. The van der Waals surface area contributed by atoms with Crippen LogP contribution in [-0.2, 0) is 9.53 Å². The van der Waals surface area contributed by atoms with Gasteiger partial charge in [-0.15, -0.1) is 0 Å². The molecule has 2 rings (SSSR count). The van der Waals surface area contributed by atoms with E-state index < -0.39 is 0 Å². The molecular formula is C15H28N2O2. The third-order valence-electron chi connectivity index (χ3n) is 4.57. The molecule has 0 aromatic rings. The molecule has 2 saturated heterocycles. The number of hydrogen-bond acceptors (Lipinski definition) is 4. The van der Waals surface area contributed by atoms with Gasteiger partial charge in [-0.3, -0.25) is 9.69 Å². The number of ether oxygens (including phenoxy) is 1. The van der Waals surface area contributed by atoms with E-state index in [1.165, 1.54) is 25.7 Å². The summed E-state index contributed by atoms with van der Waals surface area (Å²) in [5.41, 5.74) is 0. The average Bonchev–Trinajstić information content (AvgIpc) is 2.74. The van der Waals surface area contributed by atoms with E-state index in [0.717, 1.165) is 13.1 Å². The van der Waals surface area contributed by atoms with Gasteiger partial charge in [0, 0.05) is 24.7 Å².